The maximum absolute atomic E-state index is 12.0. The van der Waals surface area contributed by atoms with Gasteiger partial charge in [-0.25, -0.2) is 9.78 Å². The molecule has 2 rings (SSSR count). The number of likely N-dealkylation sites (N-methyl/N-ethyl adjacent to an activating group) is 1. The highest BCUT2D eigenvalue weighted by atomic mass is 79.9. The normalized spacial score (nSPS) is 10.6. The van der Waals surface area contributed by atoms with Crippen LogP contribution in [0.25, 0.3) is 11.3 Å². The second kappa shape index (κ2) is 7.89. The summed E-state index contributed by atoms with van der Waals surface area (Å²) in [5, 5.41) is 5.23. The van der Waals surface area contributed by atoms with Crippen molar-refractivity contribution < 1.29 is 4.79 Å². The second-order valence-corrected chi connectivity index (χ2v) is 5.92. The van der Waals surface area contributed by atoms with Gasteiger partial charge in [0.1, 0.15) is 4.47 Å². The molecule has 2 amide bonds. The number of hydrogen-bond acceptors (Lipinski definition) is 4. The Morgan fingerprint density at radius 2 is 2.00 bits per heavy atom. The van der Waals surface area contributed by atoms with E-state index in [0.29, 0.717) is 23.3 Å². The zero-order chi connectivity index (χ0) is 16.8. The molecular weight excluding hydrogens is 362 g/mol. The Hall–Kier alpha value is -2.19. The van der Waals surface area contributed by atoms with Crippen molar-refractivity contribution in [2.24, 2.45) is 0 Å². The monoisotopic (exact) mass is 379 g/mol. The minimum atomic E-state index is -0.420. The third-order valence-corrected chi connectivity index (χ3v) is 3.72. The number of H-pyrrole nitrogens is 1. The number of anilines is 1. The Labute approximate surface area is 142 Å². The lowest BCUT2D eigenvalue weighted by Gasteiger charge is -2.11. The molecule has 0 aliphatic rings. The minimum Gasteiger partial charge on any atom is -0.337 e. The molecule has 3 N–H and O–H groups in total. The molecule has 0 aliphatic heterocycles. The van der Waals surface area contributed by atoms with Gasteiger partial charge < -0.3 is 10.2 Å². The summed E-state index contributed by atoms with van der Waals surface area (Å²) in [7, 11) is 3.83. The van der Waals surface area contributed by atoms with Gasteiger partial charge in [0.25, 0.3) is 5.56 Å². The molecule has 0 saturated heterocycles. The predicted octanol–water partition coefficient (Wildman–Crippen LogP) is 1.88. The van der Waals surface area contributed by atoms with E-state index in [1.807, 2.05) is 49.3 Å². The van der Waals surface area contributed by atoms with Crippen LogP contribution in [0.5, 0.6) is 0 Å². The highest BCUT2D eigenvalue weighted by molar-refractivity contribution is 9.10. The number of aromatic nitrogens is 2. The molecule has 1 heterocycles. The molecule has 1 aromatic carbocycles. The Morgan fingerprint density at radius 1 is 1.30 bits per heavy atom. The molecule has 8 heteroatoms. The lowest BCUT2D eigenvalue weighted by atomic mass is 10.1. The van der Waals surface area contributed by atoms with Gasteiger partial charge in [-0.2, -0.15) is 0 Å². The highest BCUT2D eigenvalue weighted by Crippen LogP contribution is 2.23. The van der Waals surface area contributed by atoms with E-state index < -0.39 is 6.03 Å². The lowest BCUT2D eigenvalue weighted by Crippen LogP contribution is -2.35. The van der Waals surface area contributed by atoms with Crippen molar-refractivity contribution in [1.82, 2.24) is 20.2 Å². The molecule has 2 aromatic rings. The van der Waals surface area contributed by atoms with Crippen molar-refractivity contribution in [2.75, 3.05) is 32.5 Å². The first-order chi connectivity index (χ1) is 11.0. The zero-order valence-electron chi connectivity index (χ0n) is 12.9. The van der Waals surface area contributed by atoms with Gasteiger partial charge in [0, 0.05) is 18.7 Å². The van der Waals surface area contributed by atoms with E-state index in [0.717, 1.165) is 5.56 Å². The van der Waals surface area contributed by atoms with Crippen molar-refractivity contribution in [3.63, 3.8) is 0 Å². The van der Waals surface area contributed by atoms with Crippen LogP contribution in [0.3, 0.4) is 0 Å². The van der Waals surface area contributed by atoms with Crippen molar-refractivity contribution in [3.8, 4) is 11.3 Å². The third-order valence-electron chi connectivity index (χ3n) is 2.99. The number of urea groups is 1. The fraction of sp³-hybridized carbons (Fsp3) is 0.267. The van der Waals surface area contributed by atoms with Crippen LogP contribution < -0.4 is 16.2 Å². The quantitative estimate of drug-likeness (QED) is 0.739. The minimum absolute atomic E-state index is 0.0967. The average molecular weight is 380 g/mol. The second-order valence-electron chi connectivity index (χ2n) is 5.13. The van der Waals surface area contributed by atoms with E-state index in [1.54, 1.807) is 0 Å². The van der Waals surface area contributed by atoms with Crippen LogP contribution in [0.1, 0.15) is 0 Å². The first-order valence-corrected chi connectivity index (χ1v) is 7.81. The molecule has 0 unspecified atom stereocenters. The number of halogens is 1. The average Bonchev–Trinajstić information content (AvgIpc) is 2.51. The van der Waals surface area contributed by atoms with E-state index in [4.69, 9.17) is 0 Å². The molecule has 23 heavy (non-hydrogen) atoms. The van der Waals surface area contributed by atoms with Crippen LogP contribution >= 0.6 is 15.9 Å². The smallest absolute Gasteiger partial charge is 0.321 e. The van der Waals surface area contributed by atoms with Crippen LogP contribution in [0, 0.1) is 0 Å². The molecule has 0 atom stereocenters. The van der Waals surface area contributed by atoms with E-state index in [9.17, 15) is 9.59 Å². The van der Waals surface area contributed by atoms with Gasteiger partial charge in [0.05, 0.1) is 5.69 Å². The van der Waals surface area contributed by atoms with E-state index in [2.05, 4.69) is 36.5 Å². The maximum atomic E-state index is 12.0. The molecule has 0 spiro atoms. The number of amides is 2. The Balaban J connectivity index is 2.16. The molecule has 0 aliphatic carbocycles. The van der Waals surface area contributed by atoms with E-state index in [1.165, 1.54) is 0 Å². The molecule has 122 valence electrons. The van der Waals surface area contributed by atoms with Gasteiger partial charge >= 0.3 is 6.03 Å². The van der Waals surface area contributed by atoms with Crippen LogP contribution in [0.2, 0.25) is 0 Å². The summed E-state index contributed by atoms with van der Waals surface area (Å²) in [5.41, 5.74) is 0.891. The fourth-order valence-electron chi connectivity index (χ4n) is 1.85. The van der Waals surface area contributed by atoms with Crippen LogP contribution in [-0.2, 0) is 0 Å². The number of rotatable bonds is 5. The SMILES string of the molecule is CN(C)CCNC(=O)Nc1nc(-c2ccccc2)c(Br)c(=O)[nH]1. The van der Waals surface area contributed by atoms with Gasteiger partial charge in [0.15, 0.2) is 0 Å². The molecule has 1 aromatic heterocycles. The van der Waals surface area contributed by atoms with E-state index in [-0.39, 0.29) is 11.5 Å². The molecular formula is C15H18BrN5O2. The Bertz CT molecular complexity index is 730. The molecule has 0 saturated carbocycles. The van der Waals surface area contributed by atoms with Gasteiger partial charge in [-0.3, -0.25) is 15.1 Å². The van der Waals surface area contributed by atoms with Gasteiger partial charge in [-0.1, -0.05) is 30.3 Å². The fourth-order valence-corrected chi connectivity index (χ4v) is 2.27. The van der Waals surface area contributed by atoms with Crippen LogP contribution in [0.15, 0.2) is 39.6 Å². The first kappa shape index (κ1) is 17.2. The Morgan fingerprint density at radius 3 is 2.65 bits per heavy atom. The van der Waals surface area contributed by atoms with Crippen molar-refractivity contribution in [1.29, 1.82) is 0 Å². The molecule has 0 bridgehead atoms. The summed E-state index contributed by atoms with van der Waals surface area (Å²) in [6, 6.07) is 8.84. The number of nitrogens with zero attached hydrogens (tertiary/aromatic N) is 2. The van der Waals surface area contributed by atoms with Gasteiger partial charge in [-0.05, 0) is 30.0 Å². The number of benzene rings is 1. The third kappa shape index (κ3) is 4.90. The number of carbonyl (C=O) groups is 1. The van der Waals surface area contributed by atoms with Crippen LogP contribution in [-0.4, -0.2) is 48.1 Å². The number of hydrogen-bond donors (Lipinski definition) is 3. The summed E-state index contributed by atoms with van der Waals surface area (Å²) in [4.78, 5) is 32.6. The molecule has 7 nitrogen and oxygen atoms in total. The zero-order valence-corrected chi connectivity index (χ0v) is 14.5. The van der Waals surface area contributed by atoms with Crippen molar-refractivity contribution in [2.45, 2.75) is 0 Å². The topological polar surface area (TPSA) is 90.1 Å². The summed E-state index contributed by atoms with van der Waals surface area (Å²) in [6.45, 7) is 1.21. The van der Waals surface area contributed by atoms with Gasteiger partial charge in [-0.15, -0.1) is 0 Å². The maximum Gasteiger partial charge on any atom is 0.321 e. The summed E-state index contributed by atoms with van der Waals surface area (Å²) >= 11 is 3.24. The standard InChI is InChI=1S/C15H18BrN5O2/c1-21(2)9-8-17-15(23)20-14-18-12(11(16)13(22)19-14)10-6-4-3-5-7-10/h3-7H,8-9H2,1-2H3,(H3,17,18,19,20,22,23). The molecule has 0 radical (unpaired) electrons. The van der Waals surface area contributed by atoms with Crippen LogP contribution in [0.4, 0.5) is 10.7 Å². The lowest BCUT2D eigenvalue weighted by molar-refractivity contribution is 0.250. The number of aromatic amines is 1. The summed E-state index contributed by atoms with van der Waals surface area (Å²) in [5.74, 6) is 0.0967. The summed E-state index contributed by atoms with van der Waals surface area (Å²) < 4.78 is 0.322. The number of carbonyl (C=O) groups excluding carboxylic acids is 1. The highest BCUT2D eigenvalue weighted by Gasteiger charge is 2.12. The largest absolute Gasteiger partial charge is 0.337 e. The van der Waals surface area contributed by atoms with Gasteiger partial charge in [0.2, 0.25) is 5.95 Å². The predicted molar refractivity (Wildman–Crippen MR) is 93.6 cm³/mol. The molecule has 0 fully saturated rings. The Kier molecular flexibility index (Phi) is 5.89. The van der Waals surface area contributed by atoms with Crippen molar-refractivity contribution in [3.05, 3.63) is 45.2 Å². The summed E-state index contributed by atoms with van der Waals surface area (Å²) in [6.07, 6.45) is 0. The first-order valence-electron chi connectivity index (χ1n) is 7.02. The van der Waals surface area contributed by atoms with Crippen molar-refractivity contribution >= 4 is 27.9 Å². The van der Waals surface area contributed by atoms with E-state index >= 15 is 0 Å². The number of nitrogens with one attached hydrogen (secondary N) is 3.